The molecule has 15 heavy (non-hydrogen) atoms. The van der Waals surface area contributed by atoms with E-state index in [1.54, 1.807) is 0 Å². The van der Waals surface area contributed by atoms with Crippen LogP contribution in [0.2, 0.25) is 0 Å². The number of phenolic OH excluding ortho intramolecular Hbond substituents is 1. The molecule has 0 atom stereocenters. The minimum Gasteiger partial charge on any atom is -0.508 e. The van der Waals surface area contributed by atoms with Crippen molar-refractivity contribution in [1.29, 1.82) is 0 Å². The van der Waals surface area contributed by atoms with Gasteiger partial charge in [0.05, 0.1) is 12.0 Å². The first kappa shape index (κ1) is 11.4. The Morgan fingerprint density at radius 2 is 1.93 bits per heavy atom. The molecule has 0 spiro atoms. The number of carbonyl (C=O) groups is 1. The lowest BCUT2D eigenvalue weighted by Crippen LogP contribution is -2.15. The van der Waals surface area contributed by atoms with Gasteiger partial charge in [0.25, 0.3) is 0 Å². The molecule has 0 aliphatic rings. The summed E-state index contributed by atoms with van der Waals surface area (Å²) < 4.78 is 36.2. The number of carboxylic acid groups (broad SMARTS) is 1. The molecule has 0 heterocycles. The molecule has 0 fully saturated rings. The predicted octanol–water partition coefficient (Wildman–Crippen LogP) is 2.20. The molecule has 0 radical (unpaired) electrons. The number of hydrogen-bond acceptors (Lipinski definition) is 2. The van der Waals surface area contributed by atoms with Crippen LogP contribution < -0.4 is 0 Å². The molecule has 0 amide bonds. The highest BCUT2D eigenvalue weighted by Gasteiger charge is 2.31. The summed E-state index contributed by atoms with van der Waals surface area (Å²) in [7, 11) is 0. The van der Waals surface area contributed by atoms with Crippen LogP contribution in [0, 0.1) is 0 Å². The fourth-order valence-electron chi connectivity index (χ4n) is 1.16. The second-order valence-electron chi connectivity index (χ2n) is 2.90. The van der Waals surface area contributed by atoms with Crippen LogP contribution in [0.5, 0.6) is 5.75 Å². The van der Waals surface area contributed by atoms with Crippen LogP contribution in [0.4, 0.5) is 13.2 Å². The quantitative estimate of drug-likeness (QED) is 0.803. The molecule has 0 aliphatic heterocycles. The van der Waals surface area contributed by atoms with Crippen molar-refractivity contribution < 1.29 is 28.2 Å². The molecule has 0 saturated heterocycles. The van der Waals surface area contributed by atoms with Gasteiger partial charge in [-0.05, 0) is 12.1 Å². The maximum Gasteiger partial charge on any atom is 0.393 e. The molecule has 82 valence electrons. The highest BCUT2D eigenvalue weighted by atomic mass is 19.4. The SMILES string of the molecule is O=C(O)c1cccc(O)c1CC(F)(F)F. The minimum atomic E-state index is -4.55. The average molecular weight is 220 g/mol. The molecule has 6 heteroatoms. The van der Waals surface area contributed by atoms with Crippen molar-refractivity contribution in [3.63, 3.8) is 0 Å². The van der Waals surface area contributed by atoms with Crippen molar-refractivity contribution in [2.24, 2.45) is 0 Å². The van der Waals surface area contributed by atoms with Gasteiger partial charge in [0.1, 0.15) is 5.75 Å². The summed E-state index contributed by atoms with van der Waals surface area (Å²) in [6.07, 6.45) is -6.01. The van der Waals surface area contributed by atoms with Gasteiger partial charge in [-0.3, -0.25) is 0 Å². The van der Waals surface area contributed by atoms with E-state index >= 15 is 0 Å². The van der Waals surface area contributed by atoms with Gasteiger partial charge >= 0.3 is 12.1 Å². The summed E-state index contributed by atoms with van der Waals surface area (Å²) in [5.41, 5.74) is -1.15. The van der Waals surface area contributed by atoms with Crippen LogP contribution in [0.3, 0.4) is 0 Å². The zero-order valence-corrected chi connectivity index (χ0v) is 7.38. The van der Waals surface area contributed by atoms with Crippen molar-refractivity contribution in [3.05, 3.63) is 29.3 Å². The van der Waals surface area contributed by atoms with E-state index in [2.05, 4.69) is 0 Å². The summed E-state index contributed by atoms with van der Waals surface area (Å²) in [6.45, 7) is 0. The van der Waals surface area contributed by atoms with Gasteiger partial charge in [-0.2, -0.15) is 13.2 Å². The monoisotopic (exact) mass is 220 g/mol. The van der Waals surface area contributed by atoms with Gasteiger partial charge in [-0.25, -0.2) is 4.79 Å². The summed E-state index contributed by atoms with van der Waals surface area (Å²) in [6, 6.07) is 3.22. The smallest absolute Gasteiger partial charge is 0.393 e. The highest BCUT2D eigenvalue weighted by molar-refractivity contribution is 5.90. The number of aromatic hydroxyl groups is 1. The third kappa shape index (κ3) is 2.87. The lowest BCUT2D eigenvalue weighted by Gasteiger charge is -2.10. The molecule has 0 unspecified atom stereocenters. The third-order valence-corrected chi connectivity index (χ3v) is 1.76. The Balaban J connectivity index is 3.19. The summed E-state index contributed by atoms with van der Waals surface area (Å²) in [5.74, 6) is -2.16. The van der Waals surface area contributed by atoms with Crippen LogP contribution in [-0.4, -0.2) is 22.4 Å². The molecular formula is C9H7F3O3. The molecule has 0 aromatic heterocycles. The molecule has 1 aromatic carbocycles. The van der Waals surface area contributed by atoms with Crippen molar-refractivity contribution in [1.82, 2.24) is 0 Å². The van der Waals surface area contributed by atoms with Crippen molar-refractivity contribution >= 4 is 5.97 Å². The topological polar surface area (TPSA) is 57.5 Å². The number of aromatic carboxylic acids is 1. The van der Waals surface area contributed by atoms with Crippen molar-refractivity contribution in [2.45, 2.75) is 12.6 Å². The summed E-state index contributed by atoms with van der Waals surface area (Å²) >= 11 is 0. The zero-order chi connectivity index (χ0) is 11.6. The highest BCUT2D eigenvalue weighted by Crippen LogP contribution is 2.29. The molecule has 3 nitrogen and oxygen atoms in total. The molecule has 0 aliphatic carbocycles. The van der Waals surface area contributed by atoms with Gasteiger partial charge in [0.2, 0.25) is 0 Å². The van der Waals surface area contributed by atoms with Crippen molar-refractivity contribution in [3.8, 4) is 5.75 Å². The maximum absolute atomic E-state index is 12.1. The second-order valence-corrected chi connectivity index (χ2v) is 2.90. The van der Waals surface area contributed by atoms with Gasteiger partial charge in [-0.15, -0.1) is 0 Å². The van der Waals surface area contributed by atoms with Crippen LogP contribution in [0.15, 0.2) is 18.2 Å². The lowest BCUT2D eigenvalue weighted by atomic mass is 10.0. The van der Waals surface area contributed by atoms with E-state index in [9.17, 15) is 18.0 Å². The van der Waals surface area contributed by atoms with Crippen LogP contribution >= 0.6 is 0 Å². The number of carboxylic acids is 1. The van der Waals surface area contributed by atoms with Gasteiger partial charge in [0, 0.05) is 5.56 Å². The Morgan fingerprint density at radius 3 is 2.40 bits per heavy atom. The lowest BCUT2D eigenvalue weighted by molar-refractivity contribution is -0.127. The number of phenols is 1. The largest absolute Gasteiger partial charge is 0.508 e. The first-order valence-electron chi connectivity index (χ1n) is 3.92. The van der Waals surface area contributed by atoms with E-state index in [-0.39, 0.29) is 0 Å². The molecule has 2 N–H and O–H groups in total. The van der Waals surface area contributed by atoms with E-state index in [1.807, 2.05) is 0 Å². The first-order chi connectivity index (χ1) is 6.81. The fourth-order valence-corrected chi connectivity index (χ4v) is 1.16. The van der Waals surface area contributed by atoms with Gasteiger partial charge < -0.3 is 10.2 Å². The summed E-state index contributed by atoms with van der Waals surface area (Å²) in [5, 5.41) is 17.7. The number of benzene rings is 1. The Hall–Kier alpha value is -1.72. The summed E-state index contributed by atoms with van der Waals surface area (Å²) in [4.78, 5) is 10.6. The molecule has 0 bridgehead atoms. The Labute approximate surface area is 82.8 Å². The molecule has 1 rings (SSSR count). The van der Waals surface area contributed by atoms with E-state index in [0.717, 1.165) is 12.1 Å². The predicted molar refractivity (Wildman–Crippen MR) is 44.8 cm³/mol. The zero-order valence-electron chi connectivity index (χ0n) is 7.38. The number of hydrogen-bond donors (Lipinski definition) is 2. The van der Waals surface area contributed by atoms with Crippen LogP contribution in [0.25, 0.3) is 0 Å². The number of halogens is 3. The van der Waals surface area contributed by atoms with Crippen LogP contribution in [-0.2, 0) is 6.42 Å². The average Bonchev–Trinajstić information content (AvgIpc) is 2.05. The van der Waals surface area contributed by atoms with E-state index < -0.39 is 35.4 Å². The normalized spacial score (nSPS) is 11.4. The fraction of sp³-hybridized carbons (Fsp3) is 0.222. The first-order valence-corrected chi connectivity index (χ1v) is 3.92. The molecule has 0 saturated carbocycles. The number of rotatable bonds is 2. The van der Waals surface area contributed by atoms with Crippen LogP contribution in [0.1, 0.15) is 15.9 Å². The second kappa shape index (κ2) is 3.80. The van der Waals surface area contributed by atoms with Gasteiger partial charge in [-0.1, -0.05) is 6.07 Å². The van der Waals surface area contributed by atoms with E-state index in [1.165, 1.54) is 6.07 Å². The molecule has 1 aromatic rings. The van der Waals surface area contributed by atoms with Crippen molar-refractivity contribution in [2.75, 3.05) is 0 Å². The minimum absolute atomic E-state index is 0.535. The standard InChI is InChI=1S/C9H7F3O3/c10-9(11,12)4-6-5(8(14)15)2-1-3-7(6)13/h1-3,13H,4H2,(H,14,15). The Kier molecular flexibility index (Phi) is 2.88. The molecular weight excluding hydrogens is 213 g/mol. The van der Waals surface area contributed by atoms with E-state index in [4.69, 9.17) is 10.2 Å². The maximum atomic E-state index is 12.1. The number of alkyl halides is 3. The Morgan fingerprint density at radius 1 is 1.33 bits per heavy atom. The van der Waals surface area contributed by atoms with Gasteiger partial charge in [0.15, 0.2) is 0 Å². The Bertz CT molecular complexity index is 385. The third-order valence-electron chi connectivity index (χ3n) is 1.76. The van der Waals surface area contributed by atoms with E-state index in [0.29, 0.717) is 0 Å².